The zero-order chi connectivity index (χ0) is 17.9. The second-order valence-corrected chi connectivity index (χ2v) is 6.78. The highest BCUT2D eigenvalue weighted by molar-refractivity contribution is 6.06. The Labute approximate surface area is 151 Å². The number of carbonyl (C=O) groups is 1. The minimum absolute atomic E-state index is 0.0214. The SMILES string of the molecule is O=C(N[C@@H]1CN(Cc2ccccn2)C[C@H]1CO)c1cccc2[nH]ccc12. The highest BCUT2D eigenvalue weighted by atomic mass is 16.3. The minimum Gasteiger partial charge on any atom is -0.396 e. The molecule has 2 atom stereocenters. The van der Waals surface area contributed by atoms with Crippen molar-refractivity contribution in [3.8, 4) is 0 Å². The number of aliphatic hydroxyl groups is 1. The number of amides is 1. The molecule has 0 unspecified atom stereocenters. The zero-order valence-electron chi connectivity index (χ0n) is 14.4. The lowest BCUT2D eigenvalue weighted by molar-refractivity contribution is 0.0923. The summed E-state index contributed by atoms with van der Waals surface area (Å²) in [5.74, 6) is -0.0774. The van der Waals surface area contributed by atoms with Gasteiger partial charge in [-0.2, -0.15) is 0 Å². The van der Waals surface area contributed by atoms with Gasteiger partial charge in [0.05, 0.1) is 5.69 Å². The molecule has 26 heavy (non-hydrogen) atoms. The van der Waals surface area contributed by atoms with E-state index in [1.807, 2.05) is 48.7 Å². The first-order valence-corrected chi connectivity index (χ1v) is 8.84. The fourth-order valence-corrected chi connectivity index (χ4v) is 3.69. The number of hydrogen-bond acceptors (Lipinski definition) is 4. The molecular formula is C20H22N4O2. The summed E-state index contributed by atoms with van der Waals surface area (Å²) in [7, 11) is 0. The van der Waals surface area contributed by atoms with Crippen LogP contribution in [0.25, 0.3) is 10.9 Å². The van der Waals surface area contributed by atoms with Gasteiger partial charge in [-0.1, -0.05) is 12.1 Å². The first-order chi connectivity index (χ1) is 12.7. The summed E-state index contributed by atoms with van der Waals surface area (Å²) >= 11 is 0. The maximum atomic E-state index is 12.8. The number of pyridine rings is 1. The largest absolute Gasteiger partial charge is 0.396 e. The van der Waals surface area contributed by atoms with Gasteiger partial charge in [-0.25, -0.2) is 0 Å². The molecule has 0 spiro atoms. The Bertz CT molecular complexity index is 893. The zero-order valence-corrected chi connectivity index (χ0v) is 14.4. The number of nitrogens with one attached hydrogen (secondary N) is 2. The molecule has 3 aromatic rings. The number of likely N-dealkylation sites (tertiary alicyclic amines) is 1. The van der Waals surface area contributed by atoms with Crippen LogP contribution in [0.1, 0.15) is 16.1 Å². The Kier molecular flexibility index (Phi) is 4.69. The molecule has 0 saturated carbocycles. The van der Waals surface area contributed by atoms with Crippen molar-refractivity contribution in [1.82, 2.24) is 20.2 Å². The molecule has 0 bridgehead atoms. The van der Waals surface area contributed by atoms with Gasteiger partial charge >= 0.3 is 0 Å². The van der Waals surface area contributed by atoms with Crippen molar-refractivity contribution in [2.75, 3.05) is 19.7 Å². The summed E-state index contributed by atoms with van der Waals surface area (Å²) in [6, 6.07) is 13.4. The summed E-state index contributed by atoms with van der Waals surface area (Å²) in [4.78, 5) is 22.5. The Morgan fingerprint density at radius 2 is 2.15 bits per heavy atom. The number of aliphatic hydroxyl groups excluding tert-OH is 1. The van der Waals surface area contributed by atoms with Gasteiger partial charge in [0.15, 0.2) is 0 Å². The average Bonchev–Trinajstić information content (AvgIpc) is 3.28. The molecule has 1 aliphatic heterocycles. The molecule has 2 aromatic heterocycles. The van der Waals surface area contributed by atoms with Crippen LogP contribution in [0.15, 0.2) is 54.9 Å². The number of nitrogens with zero attached hydrogens (tertiary/aromatic N) is 2. The van der Waals surface area contributed by atoms with Crippen LogP contribution < -0.4 is 5.32 Å². The van der Waals surface area contributed by atoms with Gasteiger partial charge < -0.3 is 15.4 Å². The second kappa shape index (κ2) is 7.27. The molecule has 0 aliphatic carbocycles. The number of benzene rings is 1. The monoisotopic (exact) mass is 350 g/mol. The Morgan fingerprint density at radius 3 is 2.96 bits per heavy atom. The van der Waals surface area contributed by atoms with Gasteiger partial charge in [-0.15, -0.1) is 0 Å². The number of H-pyrrole nitrogens is 1. The van der Waals surface area contributed by atoms with Crippen LogP contribution in [0.5, 0.6) is 0 Å². The van der Waals surface area contributed by atoms with E-state index in [-0.39, 0.29) is 24.5 Å². The highest BCUT2D eigenvalue weighted by Gasteiger charge is 2.33. The normalized spacial score (nSPS) is 20.5. The van der Waals surface area contributed by atoms with E-state index in [4.69, 9.17) is 0 Å². The number of aromatic nitrogens is 2. The average molecular weight is 350 g/mol. The van der Waals surface area contributed by atoms with Gasteiger partial charge in [-0.05, 0) is 30.3 Å². The summed E-state index contributed by atoms with van der Waals surface area (Å²) < 4.78 is 0. The van der Waals surface area contributed by atoms with Gasteiger partial charge in [0.1, 0.15) is 0 Å². The summed E-state index contributed by atoms with van der Waals surface area (Å²) in [6.07, 6.45) is 3.62. The van der Waals surface area contributed by atoms with Crippen LogP contribution in [0, 0.1) is 5.92 Å². The van der Waals surface area contributed by atoms with E-state index in [0.29, 0.717) is 12.1 Å². The van der Waals surface area contributed by atoms with E-state index < -0.39 is 0 Å². The summed E-state index contributed by atoms with van der Waals surface area (Å²) in [5, 5.41) is 13.8. The van der Waals surface area contributed by atoms with Gasteiger partial charge in [0, 0.05) is 67.1 Å². The predicted octanol–water partition coefficient (Wildman–Crippen LogP) is 1.79. The summed E-state index contributed by atoms with van der Waals surface area (Å²) in [6.45, 7) is 2.22. The lowest BCUT2D eigenvalue weighted by Gasteiger charge is -2.18. The third-order valence-corrected chi connectivity index (χ3v) is 5.02. The van der Waals surface area contributed by atoms with E-state index in [1.54, 1.807) is 6.20 Å². The van der Waals surface area contributed by atoms with Crippen molar-refractivity contribution in [3.63, 3.8) is 0 Å². The van der Waals surface area contributed by atoms with Gasteiger partial charge in [0.25, 0.3) is 5.91 Å². The van der Waals surface area contributed by atoms with Crippen molar-refractivity contribution in [2.24, 2.45) is 5.92 Å². The molecule has 4 rings (SSSR count). The predicted molar refractivity (Wildman–Crippen MR) is 99.6 cm³/mol. The number of aromatic amines is 1. The number of fused-ring (bicyclic) bond motifs is 1. The van der Waals surface area contributed by atoms with E-state index in [9.17, 15) is 9.90 Å². The number of rotatable bonds is 5. The smallest absolute Gasteiger partial charge is 0.252 e. The van der Waals surface area contributed by atoms with Crippen molar-refractivity contribution >= 4 is 16.8 Å². The number of carbonyl (C=O) groups excluding carboxylic acids is 1. The summed E-state index contributed by atoms with van der Waals surface area (Å²) in [5.41, 5.74) is 2.59. The van der Waals surface area contributed by atoms with E-state index in [0.717, 1.165) is 29.7 Å². The second-order valence-electron chi connectivity index (χ2n) is 6.78. The topological polar surface area (TPSA) is 81.2 Å². The first-order valence-electron chi connectivity index (χ1n) is 8.84. The molecule has 6 heteroatoms. The van der Waals surface area contributed by atoms with Crippen molar-refractivity contribution < 1.29 is 9.90 Å². The molecule has 1 aliphatic rings. The molecule has 3 N–H and O–H groups in total. The Hall–Kier alpha value is -2.70. The highest BCUT2D eigenvalue weighted by Crippen LogP contribution is 2.21. The molecule has 1 aromatic carbocycles. The molecule has 1 amide bonds. The van der Waals surface area contributed by atoms with Gasteiger partial charge in [-0.3, -0.25) is 14.7 Å². The van der Waals surface area contributed by atoms with Crippen LogP contribution in [-0.4, -0.2) is 51.6 Å². The van der Waals surface area contributed by atoms with Crippen LogP contribution in [0.2, 0.25) is 0 Å². The van der Waals surface area contributed by atoms with Crippen molar-refractivity contribution in [3.05, 3.63) is 66.1 Å². The molecular weight excluding hydrogens is 328 g/mol. The van der Waals surface area contributed by atoms with E-state index in [1.165, 1.54) is 0 Å². The fraction of sp³-hybridized carbons (Fsp3) is 0.300. The van der Waals surface area contributed by atoms with Gasteiger partial charge in [0.2, 0.25) is 0 Å². The van der Waals surface area contributed by atoms with Crippen LogP contribution in [0.3, 0.4) is 0 Å². The van der Waals surface area contributed by atoms with E-state index >= 15 is 0 Å². The third-order valence-electron chi connectivity index (χ3n) is 5.02. The third kappa shape index (κ3) is 3.34. The maximum Gasteiger partial charge on any atom is 0.252 e. The van der Waals surface area contributed by atoms with E-state index in [2.05, 4.69) is 20.2 Å². The van der Waals surface area contributed by atoms with Crippen LogP contribution in [0.4, 0.5) is 0 Å². The van der Waals surface area contributed by atoms with Crippen molar-refractivity contribution in [1.29, 1.82) is 0 Å². The van der Waals surface area contributed by atoms with Crippen molar-refractivity contribution in [2.45, 2.75) is 12.6 Å². The molecule has 3 heterocycles. The lowest BCUT2D eigenvalue weighted by atomic mass is 10.0. The standard InChI is InChI=1S/C20H22N4O2/c25-13-14-10-24(11-15-4-1-2-8-21-15)12-19(14)23-20(26)17-5-3-6-18-16(17)7-9-22-18/h1-9,14,19,22,25H,10-13H2,(H,23,26)/t14-,19+/m0/s1. The number of hydrogen-bond donors (Lipinski definition) is 3. The lowest BCUT2D eigenvalue weighted by Crippen LogP contribution is -2.41. The molecule has 1 saturated heterocycles. The first kappa shape index (κ1) is 16.8. The minimum atomic E-state index is -0.0988. The molecule has 134 valence electrons. The Morgan fingerprint density at radius 1 is 1.23 bits per heavy atom. The fourth-order valence-electron chi connectivity index (χ4n) is 3.69. The Balaban J connectivity index is 1.46. The van der Waals surface area contributed by atoms with Crippen LogP contribution in [-0.2, 0) is 6.54 Å². The molecule has 6 nitrogen and oxygen atoms in total. The molecule has 1 fully saturated rings. The molecule has 0 radical (unpaired) electrons. The van der Waals surface area contributed by atoms with Crippen LogP contribution >= 0.6 is 0 Å². The maximum absolute atomic E-state index is 12.8. The quantitative estimate of drug-likeness (QED) is 0.655.